The minimum absolute atomic E-state index is 0.0797. The lowest BCUT2D eigenvalue weighted by Crippen LogP contribution is -2.43. The number of rotatable bonds is 3. The Morgan fingerprint density at radius 1 is 1.26 bits per heavy atom. The fraction of sp³-hybridized carbons (Fsp3) is 0.294. The smallest absolute Gasteiger partial charge is 0.257 e. The van der Waals surface area contributed by atoms with E-state index < -0.39 is 0 Å². The third kappa shape index (κ3) is 3.65. The van der Waals surface area contributed by atoms with E-state index in [0.717, 1.165) is 12.8 Å². The van der Waals surface area contributed by atoms with Crippen LogP contribution in [-0.4, -0.2) is 34.9 Å². The number of piperidine rings is 1. The first-order valence-corrected chi connectivity index (χ1v) is 7.66. The fourth-order valence-corrected chi connectivity index (χ4v) is 2.65. The molecule has 0 unspecified atom stereocenters. The molecule has 1 amide bonds. The molecule has 0 saturated carbocycles. The summed E-state index contributed by atoms with van der Waals surface area (Å²) in [6, 6.07) is 9.68. The molecule has 2 aromatic rings. The lowest BCUT2D eigenvalue weighted by atomic mass is 10.1. The first kappa shape index (κ1) is 15.4. The summed E-state index contributed by atoms with van der Waals surface area (Å²) in [5, 5.41) is 3.02. The third-order valence-corrected chi connectivity index (χ3v) is 3.95. The molecule has 6 heteroatoms. The van der Waals surface area contributed by atoms with Crippen molar-refractivity contribution in [3.05, 3.63) is 54.0 Å². The molecule has 1 aromatic heterocycles. The van der Waals surface area contributed by atoms with Gasteiger partial charge < -0.3 is 16.0 Å². The van der Waals surface area contributed by atoms with Crippen molar-refractivity contribution >= 4 is 17.4 Å². The van der Waals surface area contributed by atoms with Crippen molar-refractivity contribution in [2.75, 3.05) is 18.4 Å². The van der Waals surface area contributed by atoms with Gasteiger partial charge in [-0.2, -0.15) is 0 Å². The van der Waals surface area contributed by atoms with Gasteiger partial charge in [0.1, 0.15) is 11.6 Å². The molecule has 23 heavy (non-hydrogen) atoms. The van der Waals surface area contributed by atoms with Gasteiger partial charge in [-0.05, 0) is 43.2 Å². The van der Waals surface area contributed by atoms with Crippen molar-refractivity contribution < 1.29 is 9.18 Å². The number of anilines is 2. The van der Waals surface area contributed by atoms with Crippen LogP contribution in [0.1, 0.15) is 23.2 Å². The highest BCUT2D eigenvalue weighted by Gasteiger charge is 2.23. The highest BCUT2D eigenvalue weighted by molar-refractivity contribution is 5.99. The van der Waals surface area contributed by atoms with E-state index in [0.29, 0.717) is 30.2 Å². The summed E-state index contributed by atoms with van der Waals surface area (Å²) in [7, 11) is 0. The molecule has 1 aliphatic rings. The van der Waals surface area contributed by atoms with Crippen LogP contribution in [0.4, 0.5) is 15.9 Å². The quantitative estimate of drug-likeness (QED) is 0.913. The van der Waals surface area contributed by atoms with Crippen LogP contribution in [0, 0.1) is 5.82 Å². The second-order valence-electron chi connectivity index (χ2n) is 5.66. The second kappa shape index (κ2) is 6.75. The van der Waals surface area contributed by atoms with Gasteiger partial charge in [-0.1, -0.05) is 6.07 Å². The van der Waals surface area contributed by atoms with Gasteiger partial charge in [0.05, 0.1) is 5.56 Å². The number of pyridine rings is 1. The summed E-state index contributed by atoms with van der Waals surface area (Å²) in [4.78, 5) is 18.7. The van der Waals surface area contributed by atoms with E-state index in [4.69, 9.17) is 5.73 Å². The van der Waals surface area contributed by atoms with Crippen LogP contribution >= 0.6 is 0 Å². The van der Waals surface area contributed by atoms with Gasteiger partial charge >= 0.3 is 0 Å². The highest BCUT2D eigenvalue weighted by Crippen LogP contribution is 2.21. The number of nitrogens with zero attached hydrogens (tertiary/aromatic N) is 2. The van der Waals surface area contributed by atoms with E-state index in [2.05, 4.69) is 10.3 Å². The molecule has 5 nitrogen and oxygen atoms in total. The molecule has 1 fully saturated rings. The number of hydrogen-bond donors (Lipinski definition) is 2. The summed E-state index contributed by atoms with van der Waals surface area (Å²) in [5.74, 6) is 0.00528. The molecule has 0 spiro atoms. The summed E-state index contributed by atoms with van der Waals surface area (Å²) in [5.41, 5.74) is 6.92. The number of nitrogens with two attached hydrogens (primary N) is 1. The van der Waals surface area contributed by atoms with Crippen molar-refractivity contribution in [3.63, 3.8) is 0 Å². The molecule has 3 rings (SSSR count). The van der Waals surface area contributed by atoms with E-state index >= 15 is 0 Å². The number of carbonyl (C=O) groups is 1. The van der Waals surface area contributed by atoms with Crippen LogP contribution < -0.4 is 11.1 Å². The van der Waals surface area contributed by atoms with Crippen LogP contribution in [0.25, 0.3) is 0 Å². The Morgan fingerprint density at radius 3 is 2.78 bits per heavy atom. The molecule has 3 N–H and O–H groups in total. The second-order valence-corrected chi connectivity index (χ2v) is 5.66. The predicted octanol–water partition coefficient (Wildman–Crippen LogP) is 2.53. The van der Waals surface area contributed by atoms with Gasteiger partial charge in [-0.3, -0.25) is 4.79 Å². The minimum Gasteiger partial charge on any atom is -0.339 e. The van der Waals surface area contributed by atoms with Crippen molar-refractivity contribution in [1.82, 2.24) is 9.88 Å². The zero-order chi connectivity index (χ0) is 16.2. The number of carbonyl (C=O) groups excluding carboxylic acids is 1. The van der Waals surface area contributed by atoms with Crippen LogP contribution in [-0.2, 0) is 0 Å². The Bertz CT molecular complexity index is 698. The highest BCUT2D eigenvalue weighted by atomic mass is 19.1. The molecule has 0 atom stereocenters. The molecule has 0 bridgehead atoms. The van der Waals surface area contributed by atoms with Crippen molar-refractivity contribution in [2.24, 2.45) is 5.73 Å². The Labute approximate surface area is 134 Å². The van der Waals surface area contributed by atoms with Crippen LogP contribution in [0.5, 0.6) is 0 Å². The lowest BCUT2D eigenvalue weighted by molar-refractivity contribution is 0.0715. The van der Waals surface area contributed by atoms with Gasteiger partial charge in [0.2, 0.25) is 0 Å². The zero-order valence-corrected chi connectivity index (χ0v) is 12.7. The van der Waals surface area contributed by atoms with E-state index in [9.17, 15) is 9.18 Å². The number of hydrogen-bond acceptors (Lipinski definition) is 4. The fourth-order valence-electron chi connectivity index (χ4n) is 2.65. The predicted molar refractivity (Wildman–Crippen MR) is 87.0 cm³/mol. The first-order chi connectivity index (χ1) is 11.1. The first-order valence-electron chi connectivity index (χ1n) is 7.66. The van der Waals surface area contributed by atoms with E-state index in [1.165, 1.54) is 12.1 Å². The topological polar surface area (TPSA) is 71.2 Å². The number of nitrogens with one attached hydrogen (secondary N) is 1. The molecule has 1 aliphatic heterocycles. The van der Waals surface area contributed by atoms with Gasteiger partial charge in [-0.15, -0.1) is 0 Å². The largest absolute Gasteiger partial charge is 0.339 e. The van der Waals surface area contributed by atoms with Gasteiger partial charge in [-0.25, -0.2) is 9.37 Å². The number of likely N-dealkylation sites (tertiary alicyclic amines) is 1. The maximum atomic E-state index is 13.3. The number of amides is 1. The average Bonchev–Trinajstić information content (AvgIpc) is 2.55. The molecule has 120 valence electrons. The summed E-state index contributed by atoms with van der Waals surface area (Å²) >= 11 is 0. The van der Waals surface area contributed by atoms with Crippen LogP contribution in [0.15, 0.2) is 42.6 Å². The Hall–Kier alpha value is -2.47. The Morgan fingerprint density at radius 2 is 2.04 bits per heavy atom. The van der Waals surface area contributed by atoms with Gasteiger partial charge in [0.15, 0.2) is 0 Å². The molecule has 0 radical (unpaired) electrons. The lowest BCUT2D eigenvalue weighted by Gasteiger charge is -2.30. The van der Waals surface area contributed by atoms with Gasteiger partial charge in [0.25, 0.3) is 5.91 Å². The summed E-state index contributed by atoms with van der Waals surface area (Å²) in [6.45, 7) is 1.29. The van der Waals surface area contributed by atoms with Crippen LogP contribution in [0.3, 0.4) is 0 Å². The Kier molecular flexibility index (Phi) is 4.52. The minimum atomic E-state index is -0.344. The molecular formula is C17H19FN4O. The summed E-state index contributed by atoms with van der Waals surface area (Å²) < 4.78 is 13.3. The molecule has 0 aliphatic carbocycles. The van der Waals surface area contributed by atoms with E-state index in [1.807, 2.05) is 0 Å². The normalized spacial score (nSPS) is 15.5. The molecule has 2 heterocycles. The molecule has 1 aromatic carbocycles. The SMILES string of the molecule is NC1CCN(C(=O)c2cccnc2Nc2cccc(F)c2)CC1. The van der Waals surface area contributed by atoms with E-state index in [-0.39, 0.29) is 17.8 Å². The average molecular weight is 314 g/mol. The van der Waals surface area contributed by atoms with E-state index in [1.54, 1.807) is 35.4 Å². The number of halogens is 1. The summed E-state index contributed by atoms with van der Waals surface area (Å²) in [6.07, 6.45) is 3.21. The van der Waals surface area contributed by atoms with Crippen molar-refractivity contribution in [3.8, 4) is 0 Å². The van der Waals surface area contributed by atoms with Crippen molar-refractivity contribution in [1.29, 1.82) is 0 Å². The number of aromatic nitrogens is 1. The monoisotopic (exact) mass is 314 g/mol. The molecular weight excluding hydrogens is 295 g/mol. The maximum Gasteiger partial charge on any atom is 0.257 e. The molecule has 1 saturated heterocycles. The third-order valence-electron chi connectivity index (χ3n) is 3.95. The van der Waals surface area contributed by atoms with Gasteiger partial charge in [0, 0.05) is 31.0 Å². The van der Waals surface area contributed by atoms with Crippen LogP contribution in [0.2, 0.25) is 0 Å². The number of benzene rings is 1. The Balaban J connectivity index is 1.81. The zero-order valence-electron chi connectivity index (χ0n) is 12.7. The van der Waals surface area contributed by atoms with Crippen molar-refractivity contribution in [2.45, 2.75) is 18.9 Å². The standard InChI is InChI=1S/C17H19FN4O/c18-12-3-1-4-14(11-12)21-16-15(5-2-8-20-16)17(23)22-9-6-13(19)7-10-22/h1-5,8,11,13H,6-7,9-10,19H2,(H,20,21). The maximum absolute atomic E-state index is 13.3.